The normalized spacial score (nSPS) is 11.6. The Bertz CT molecular complexity index is 258. The van der Waals surface area contributed by atoms with E-state index in [4.69, 9.17) is 4.74 Å². The molecule has 0 bridgehead atoms. The lowest BCUT2D eigenvalue weighted by Gasteiger charge is -2.24. The first-order valence-corrected chi connectivity index (χ1v) is 9.73. The van der Waals surface area contributed by atoms with Gasteiger partial charge in [0.15, 0.2) is 0 Å². The van der Waals surface area contributed by atoms with Crippen LogP contribution in [0, 0.1) is 0 Å². The van der Waals surface area contributed by atoms with Crippen LogP contribution >= 0.6 is 0 Å². The molecule has 0 rings (SSSR count). The minimum Gasteiger partial charge on any atom is -0.460 e. The van der Waals surface area contributed by atoms with E-state index in [0.717, 1.165) is 19.3 Å². The number of carbonyl (C=O) groups excluding carboxylic acids is 1. The second-order valence-electron chi connectivity index (χ2n) is 7.27. The van der Waals surface area contributed by atoms with E-state index in [1.54, 1.807) is 0 Å². The van der Waals surface area contributed by atoms with Crippen LogP contribution in [0.1, 0.15) is 118 Å². The lowest BCUT2D eigenvalue weighted by Crippen LogP contribution is -2.27. The van der Waals surface area contributed by atoms with Crippen molar-refractivity contribution in [1.82, 2.24) is 0 Å². The number of rotatable bonds is 15. The van der Waals surface area contributed by atoms with Crippen LogP contribution < -0.4 is 0 Å². The summed E-state index contributed by atoms with van der Waals surface area (Å²) in [6.07, 6.45) is 17.0. The van der Waals surface area contributed by atoms with Crippen molar-refractivity contribution >= 4 is 5.97 Å². The predicted octanol–water partition coefficient (Wildman–Crippen LogP) is 6.81. The molecule has 0 amide bonds. The number of hydrogen-bond donors (Lipinski definition) is 0. The molecule has 0 saturated heterocycles. The summed E-state index contributed by atoms with van der Waals surface area (Å²) in [6, 6.07) is 0. The maximum atomic E-state index is 11.8. The molecule has 0 aromatic carbocycles. The van der Waals surface area contributed by atoms with Crippen LogP contribution in [0.15, 0.2) is 0 Å². The molecule has 22 heavy (non-hydrogen) atoms. The summed E-state index contributed by atoms with van der Waals surface area (Å²) in [7, 11) is 0. The van der Waals surface area contributed by atoms with Gasteiger partial charge in [0.05, 0.1) is 0 Å². The molecule has 0 atom stereocenters. The van der Waals surface area contributed by atoms with E-state index in [1.165, 1.54) is 64.2 Å². The van der Waals surface area contributed by atoms with Crippen molar-refractivity contribution in [3.63, 3.8) is 0 Å². The highest BCUT2D eigenvalue weighted by Gasteiger charge is 2.21. The smallest absolute Gasteiger partial charge is 0.306 e. The molecule has 0 heterocycles. The highest BCUT2D eigenvalue weighted by Crippen LogP contribution is 2.18. The standard InChI is InChI=1S/C20H40O2/c1-5-7-8-9-10-11-12-13-14-15-16-17-19(21)22-20(3,4)18-6-2/h5-18H2,1-4H3. The molecule has 0 saturated carbocycles. The van der Waals surface area contributed by atoms with Gasteiger partial charge in [0.2, 0.25) is 0 Å². The van der Waals surface area contributed by atoms with Gasteiger partial charge in [-0.3, -0.25) is 4.79 Å². The van der Waals surface area contributed by atoms with Gasteiger partial charge in [0.25, 0.3) is 0 Å². The lowest BCUT2D eigenvalue weighted by atomic mass is 10.0. The molecule has 0 aliphatic rings. The van der Waals surface area contributed by atoms with Gasteiger partial charge in [-0.2, -0.15) is 0 Å². The Morgan fingerprint density at radius 1 is 0.727 bits per heavy atom. The summed E-state index contributed by atoms with van der Waals surface area (Å²) in [5, 5.41) is 0. The summed E-state index contributed by atoms with van der Waals surface area (Å²) in [4.78, 5) is 11.8. The van der Waals surface area contributed by atoms with Crippen LogP contribution in [0.4, 0.5) is 0 Å². The Kier molecular flexibility index (Phi) is 13.7. The van der Waals surface area contributed by atoms with Crippen LogP contribution in [0.2, 0.25) is 0 Å². The van der Waals surface area contributed by atoms with E-state index in [2.05, 4.69) is 13.8 Å². The quantitative estimate of drug-likeness (QED) is 0.245. The van der Waals surface area contributed by atoms with Crippen molar-refractivity contribution in [2.75, 3.05) is 0 Å². The van der Waals surface area contributed by atoms with Gasteiger partial charge in [-0.1, -0.05) is 84.5 Å². The van der Waals surface area contributed by atoms with E-state index >= 15 is 0 Å². The molecule has 2 heteroatoms. The van der Waals surface area contributed by atoms with Crippen molar-refractivity contribution < 1.29 is 9.53 Å². The summed E-state index contributed by atoms with van der Waals surface area (Å²) < 4.78 is 5.53. The fourth-order valence-electron chi connectivity index (χ4n) is 2.95. The van der Waals surface area contributed by atoms with E-state index in [-0.39, 0.29) is 11.6 Å². The number of ether oxygens (including phenoxy) is 1. The summed E-state index contributed by atoms with van der Waals surface area (Å²) in [5.41, 5.74) is -0.288. The monoisotopic (exact) mass is 312 g/mol. The molecule has 0 radical (unpaired) electrons. The average molecular weight is 313 g/mol. The predicted molar refractivity (Wildman–Crippen MR) is 96.2 cm³/mol. The Morgan fingerprint density at radius 3 is 1.64 bits per heavy atom. The minimum atomic E-state index is -0.288. The average Bonchev–Trinajstić information content (AvgIpc) is 2.44. The number of hydrogen-bond acceptors (Lipinski definition) is 2. The van der Waals surface area contributed by atoms with Gasteiger partial charge in [0, 0.05) is 6.42 Å². The van der Waals surface area contributed by atoms with Crippen LogP contribution in [-0.2, 0) is 9.53 Å². The van der Waals surface area contributed by atoms with E-state index in [1.807, 2.05) is 13.8 Å². The van der Waals surface area contributed by atoms with Gasteiger partial charge in [-0.25, -0.2) is 0 Å². The van der Waals surface area contributed by atoms with E-state index in [0.29, 0.717) is 6.42 Å². The highest BCUT2D eigenvalue weighted by molar-refractivity contribution is 5.69. The zero-order valence-corrected chi connectivity index (χ0v) is 15.7. The molecule has 0 aromatic heterocycles. The Balaban J connectivity index is 3.34. The Hall–Kier alpha value is -0.530. The third-order valence-electron chi connectivity index (χ3n) is 4.23. The van der Waals surface area contributed by atoms with Crippen molar-refractivity contribution in [3.05, 3.63) is 0 Å². The molecule has 0 fully saturated rings. The third-order valence-corrected chi connectivity index (χ3v) is 4.23. The molecule has 0 aliphatic heterocycles. The first kappa shape index (κ1) is 21.5. The SMILES string of the molecule is CCCCCCCCCCCCCC(=O)OC(C)(C)CCC. The van der Waals surface area contributed by atoms with Crippen molar-refractivity contribution in [3.8, 4) is 0 Å². The Labute approximate surface area is 139 Å². The van der Waals surface area contributed by atoms with Gasteiger partial charge in [0.1, 0.15) is 5.60 Å². The van der Waals surface area contributed by atoms with Crippen molar-refractivity contribution in [1.29, 1.82) is 0 Å². The summed E-state index contributed by atoms with van der Waals surface area (Å²) in [5.74, 6) is -0.0191. The molecule has 0 aliphatic carbocycles. The van der Waals surface area contributed by atoms with Crippen LogP contribution in [-0.4, -0.2) is 11.6 Å². The lowest BCUT2D eigenvalue weighted by molar-refractivity contribution is -0.157. The van der Waals surface area contributed by atoms with Gasteiger partial charge < -0.3 is 4.74 Å². The molecule has 0 aromatic rings. The maximum absolute atomic E-state index is 11.8. The van der Waals surface area contributed by atoms with Crippen LogP contribution in [0.3, 0.4) is 0 Å². The zero-order chi connectivity index (χ0) is 16.7. The summed E-state index contributed by atoms with van der Waals surface area (Å²) in [6.45, 7) is 8.41. The van der Waals surface area contributed by atoms with E-state index < -0.39 is 0 Å². The number of unbranched alkanes of at least 4 members (excludes halogenated alkanes) is 10. The fourth-order valence-corrected chi connectivity index (χ4v) is 2.95. The van der Waals surface area contributed by atoms with Crippen LogP contribution in [0.25, 0.3) is 0 Å². The number of esters is 1. The van der Waals surface area contributed by atoms with Gasteiger partial charge in [-0.05, 0) is 26.7 Å². The first-order valence-electron chi connectivity index (χ1n) is 9.73. The molecular weight excluding hydrogens is 272 g/mol. The molecule has 0 N–H and O–H groups in total. The molecule has 2 nitrogen and oxygen atoms in total. The Morgan fingerprint density at radius 2 is 1.18 bits per heavy atom. The molecule has 0 spiro atoms. The highest BCUT2D eigenvalue weighted by atomic mass is 16.6. The largest absolute Gasteiger partial charge is 0.460 e. The number of carbonyl (C=O) groups is 1. The van der Waals surface area contributed by atoms with Crippen molar-refractivity contribution in [2.24, 2.45) is 0 Å². The second kappa shape index (κ2) is 14.1. The van der Waals surface area contributed by atoms with Crippen LogP contribution in [0.5, 0.6) is 0 Å². The molecular formula is C20H40O2. The summed E-state index contributed by atoms with van der Waals surface area (Å²) >= 11 is 0. The topological polar surface area (TPSA) is 26.3 Å². The van der Waals surface area contributed by atoms with Gasteiger partial charge in [-0.15, -0.1) is 0 Å². The third kappa shape index (κ3) is 14.4. The van der Waals surface area contributed by atoms with Crippen molar-refractivity contribution in [2.45, 2.75) is 123 Å². The van der Waals surface area contributed by atoms with E-state index in [9.17, 15) is 4.79 Å². The second-order valence-corrected chi connectivity index (χ2v) is 7.27. The fraction of sp³-hybridized carbons (Fsp3) is 0.950. The zero-order valence-electron chi connectivity index (χ0n) is 15.7. The maximum Gasteiger partial charge on any atom is 0.306 e. The minimum absolute atomic E-state index is 0.0191. The van der Waals surface area contributed by atoms with Gasteiger partial charge >= 0.3 is 5.97 Å². The first-order chi connectivity index (χ1) is 10.5. The molecule has 132 valence electrons. The molecule has 0 unspecified atom stereocenters.